The normalized spacial score (nSPS) is 10.3. The lowest BCUT2D eigenvalue weighted by molar-refractivity contribution is 0.587. The average Bonchev–Trinajstić information content (AvgIpc) is 2.17. The number of rotatable bonds is 1. The van der Waals surface area contributed by atoms with Crippen LogP contribution in [0.25, 0.3) is 11.1 Å². The Balaban J connectivity index is 2.64. The number of nitrogens with zero attached hydrogens (tertiary/aromatic N) is 1. The topological polar surface area (TPSA) is 12.9 Å². The van der Waals surface area contributed by atoms with Crippen molar-refractivity contribution in [1.82, 2.24) is 4.98 Å². The summed E-state index contributed by atoms with van der Waals surface area (Å²) in [6, 6.07) is 5.80. The fraction of sp³-hybridized carbons (Fsp3) is 0.0833. The van der Waals surface area contributed by atoms with Crippen molar-refractivity contribution in [3.05, 3.63) is 53.9 Å². The molecular formula is C12H9F2N. The highest BCUT2D eigenvalue weighted by atomic mass is 19.1. The first-order valence-corrected chi connectivity index (χ1v) is 4.54. The molecular weight excluding hydrogens is 196 g/mol. The highest BCUT2D eigenvalue weighted by Gasteiger charge is 2.11. The van der Waals surface area contributed by atoms with Crippen LogP contribution in [0.1, 0.15) is 5.56 Å². The quantitative estimate of drug-likeness (QED) is 0.695. The van der Waals surface area contributed by atoms with Crippen LogP contribution in [0.3, 0.4) is 0 Å². The van der Waals surface area contributed by atoms with Crippen molar-refractivity contribution in [2.75, 3.05) is 0 Å². The second-order valence-corrected chi connectivity index (χ2v) is 3.34. The molecule has 76 valence electrons. The Morgan fingerprint density at radius 1 is 1.00 bits per heavy atom. The fourth-order valence-electron chi connectivity index (χ4n) is 1.49. The number of benzene rings is 1. The molecule has 3 heteroatoms. The van der Waals surface area contributed by atoms with Crippen molar-refractivity contribution in [3.8, 4) is 11.1 Å². The summed E-state index contributed by atoms with van der Waals surface area (Å²) in [4.78, 5) is 3.80. The Morgan fingerprint density at radius 2 is 1.53 bits per heavy atom. The van der Waals surface area contributed by atoms with Crippen molar-refractivity contribution in [3.63, 3.8) is 0 Å². The van der Waals surface area contributed by atoms with Crippen LogP contribution in [-0.4, -0.2) is 4.98 Å². The number of halogens is 2. The molecule has 0 saturated carbocycles. The van der Waals surface area contributed by atoms with E-state index in [1.165, 1.54) is 24.5 Å². The molecule has 0 fully saturated rings. The summed E-state index contributed by atoms with van der Waals surface area (Å²) in [6.07, 6.45) is 3.02. The molecule has 1 nitrogen and oxygen atoms in total. The SMILES string of the molecule is Cc1cc(F)c(-c2ccncc2)c(F)c1. The number of hydrogen-bond acceptors (Lipinski definition) is 1. The van der Waals surface area contributed by atoms with Gasteiger partial charge in [0.05, 0.1) is 5.56 Å². The zero-order valence-electron chi connectivity index (χ0n) is 8.17. The maximum atomic E-state index is 13.5. The predicted molar refractivity (Wildman–Crippen MR) is 54.3 cm³/mol. The summed E-state index contributed by atoms with van der Waals surface area (Å²) in [6.45, 7) is 1.66. The van der Waals surface area contributed by atoms with Crippen LogP contribution in [0.5, 0.6) is 0 Å². The summed E-state index contributed by atoms with van der Waals surface area (Å²) < 4.78 is 27.1. The zero-order chi connectivity index (χ0) is 10.8. The van der Waals surface area contributed by atoms with E-state index in [1.807, 2.05) is 0 Å². The van der Waals surface area contributed by atoms with Gasteiger partial charge in [-0.3, -0.25) is 4.98 Å². The van der Waals surface area contributed by atoms with Crippen LogP contribution >= 0.6 is 0 Å². The minimum absolute atomic E-state index is 0.00278. The van der Waals surface area contributed by atoms with Gasteiger partial charge in [0.25, 0.3) is 0 Å². The average molecular weight is 205 g/mol. The van der Waals surface area contributed by atoms with Gasteiger partial charge in [0, 0.05) is 12.4 Å². The third-order valence-corrected chi connectivity index (χ3v) is 2.16. The van der Waals surface area contributed by atoms with E-state index in [-0.39, 0.29) is 5.56 Å². The second-order valence-electron chi connectivity index (χ2n) is 3.34. The van der Waals surface area contributed by atoms with Gasteiger partial charge in [-0.25, -0.2) is 8.78 Å². The maximum absolute atomic E-state index is 13.5. The summed E-state index contributed by atoms with van der Waals surface area (Å²) in [5.41, 5.74) is 1.07. The molecule has 0 bridgehead atoms. The molecule has 2 rings (SSSR count). The molecule has 0 radical (unpaired) electrons. The number of aromatic nitrogens is 1. The van der Waals surface area contributed by atoms with Gasteiger partial charge < -0.3 is 0 Å². The fourth-order valence-corrected chi connectivity index (χ4v) is 1.49. The van der Waals surface area contributed by atoms with E-state index in [4.69, 9.17) is 0 Å². The van der Waals surface area contributed by atoms with E-state index in [1.54, 1.807) is 19.1 Å². The molecule has 0 saturated heterocycles. The first-order valence-electron chi connectivity index (χ1n) is 4.54. The van der Waals surface area contributed by atoms with E-state index in [2.05, 4.69) is 4.98 Å². The van der Waals surface area contributed by atoms with Crippen LogP contribution in [0.4, 0.5) is 8.78 Å². The zero-order valence-corrected chi connectivity index (χ0v) is 8.17. The molecule has 0 atom stereocenters. The predicted octanol–water partition coefficient (Wildman–Crippen LogP) is 3.34. The standard InChI is InChI=1S/C12H9F2N/c1-8-6-10(13)12(11(14)7-8)9-2-4-15-5-3-9/h2-7H,1H3. The number of aryl methyl sites for hydroxylation is 1. The van der Waals surface area contributed by atoms with Gasteiger partial charge in [-0.2, -0.15) is 0 Å². The number of hydrogen-bond donors (Lipinski definition) is 0. The first-order chi connectivity index (χ1) is 7.18. The van der Waals surface area contributed by atoms with Gasteiger partial charge in [0.15, 0.2) is 0 Å². The third-order valence-electron chi connectivity index (χ3n) is 2.16. The monoisotopic (exact) mass is 205 g/mol. The van der Waals surface area contributed by atoms with Gasteiger partial charge in [-0.15, -0.1) is 0 Å². The van der Waals surface area contributed by atoms with Crippen LogP contribution in [0, 0.1) is 18.6 Å². The molecule has 0 aliphatic heterocycles. The highest BCUT2D eigenvalue weighted by Crippen LogP contribution is 2.26. The largest absolute Gasteiger partial charge is 0.265 e. The molecule has 0 unspecified atom stereocenters. The molecule has 0 amide bonds. The van der Waals surface area contributed by atoms with Gasteiger partial charge in [-0.05, 0) is 42.3 Å². The second kappa shape index (κ2) is 3.77. The number of pyridine rings is 1. The van der Waals surface area contributed by atoms with E-state index in [9.17, 15) is 8.78 Å². The van der Waals surface area contributed by atoms with E-state index >= 15 is 0 Å². The van der Waals surface area contributed by atoms with E-state index in [0.717, 1.165) is 0 Å². The molecule has 1 aromatic carbocycles. The van der Waals surface area contributed by atoms with Crippen molar-refractivity contribution < 1.29 is 8.78 Å². The Bertz CT molecular complexity index is 457. The molecule has 15 heavy (non-hydrogen) atoms. The minimum Gasteiger partial charge on any atom is -0.265 e. The minimum atomic E-state index is -0.543. The Hall–Kier alpha value is -1.77. The first kappa shape index (κ1) is 9.77. The molecule has 1 heterocycles. The molecule has 0 aliphatic rings. The Labute approximate surface area is 86.4 Å². The third kappa shape index (κ3) is 1.86. The molecule has 0 spiro atoms. The van der Waals surface area contributed by atoms with Crippen molar-refractivity contribution in [2.45, 2.75) is 6.92 Å². The summed E-state index contributed by atoms with van der Waals surface area (Å²) in [5.74, 6) is -1.09. The lowest BCUT2D eigenvalue weighted by Gasteiger charge is -2.05. The maximum Gasteiger partial charge on any atom is 0.134 e. The molecule has 2 aromatic rings. The van der Waals surface area contributed by atoms with Crippen LogP contribution in [0.15, 0.2) is 36.7 Å². The van der Waals surface area contributed by atoms with Crippen molar-refractivity contribution in [1.29, 1.82) is 0 Å². The lowest BCUT2D eigenvalue weighted by Crippen LogP contribution is -1.91. The van der Waals surface area contributed by atoms with E-state index in [0.29, 0.717) is 11.1 Å². The highest BCUT2D eigenvalue weighted by molar-refractivity contribution is 5.64. The molecule has 0 N–H and O–H groups in total. The van der Waals surface area contributed by atoms with Crippen molar-refractivity contribution >= 4 is 0 Å². The van der Waals surface area contributed by atoms with E-state index < -0.39 is 11.6 Å². The van der Waals surface area contributed by atoms with Crippen LogP contribution in [0.2, 0.25) is 0 Å². The Morgan fingerprint density at radius 3 is 2.07 bits per heavy atom. The summed E-state index contributed by atoms with van der Waals surface area (Å²) >= 11 is 0. The van der Waals surface area contributed by atoms with Gasteiger partial charge in [0.1, 0.15) is 11.6 Å². The molecule has 1 aromatic heterocycles. The lowest BCUT2D eigenvalue weighted by atomic mass is 10.0. The van der Waals surface area contributed by atoms with Gasteiger partial charge in [0.2, 0.25) is 0 Å². The van der Waals surface area contributed by atoms with Crippen molar-refractivity contribution in [2.24, 2.45) is 0 Å². The molecule has 0 aliphatic carbocycles. The van der Waals surface area contributed by atoms with Gasteiger partial charge in [-0.1, -0.05) is 0 Å². The smallest absolute Gasteiger partial charge is 0.134 e. The van der Waals surface area contributed by atoms with Crippen LogP contribution in [-0.2, 0) is 0 Å². The van der Waals surface area contributed by atoms with Gasteiger partial charge >= 0.3 is 0 Å². The summed E-state index contributed by atoms with van der Waals surface area (Å²) in [5, 5.41) is 0. The Kier molecular flexibility index (Phi) is 2.46. The summed E-state index contributed by atoms with van der Waals surface area (Å²) in [7, 11) is 0. The van der Waals surface area contributed by atoms with Crippen LogP contribution < -0.4 is 0 Å².